The van der Waals surface area contributed by atoms with Crippen LogP contribution in [0.15, 0.2) is 73.2 Å². The molecule has 1 aliphatic heterocycles. The number of aromatic nitrogens is 2. The number of anilines is 1. The molecule has 2 aromatic carbocycles. The molecule has 0 spiro atoms. The van der Waals surface area contributed by atoms with E-state index in [1.54, 1.807) is 36.7 Å². The Labute approximate surface area is 198 Å². The Morgan fingerprint density at radius 2 is 2.12 bits per heavy atom. The van der Waals surface area contributed by atoms with Gasteiger partial charge in [-0.05, 0) is 78.9 Å². The van der Waals surface area contributed by atoms with Gasteiger partial charge in [-0.2, -0.15) is 0 Å². The van der Waals surface area contributed by atoms with Crippen molar-refractivity contribution >= 4 is 28.1 Å². The summed E-state index contributed by atoms with van der Waals surface area (Å²) < 4.78 is 13.7. The molecule has 6 heteroatoms. The van der Waals surface area contributed by atoms with Gasteiger partial charge in [0.15, 0.2) is 0 Å². The molecule has 0 bridgehead atoms. The van der Waals surface area contributed by atoms with E-state index in [4.69, 9.17) is 0 Å². The van der Waals surface area contributed by atoms with Gasteiger partial charge in [-0.25, -0.2) is 4.39 Å². The molecule has 2 aromatic heterocycles. The zero-order chi connectivity index (χ0) is 23.5. The average molecular weight is 455 g/mol. The van der Waals surface area contributed by atoms with E-state index >= 15 is 0 Å². The predicted octanol–water partition coefficient (Wildman–Crippen LogP) is 5.59. The number of hydrogen-bond acceptors (Lipinski definition) is 3. The zero-order valence-electron chi connectivity index (χ0n) is 19.1. The van der Waals surface area contributed by atoms with Gasteiger partial charge in [0.1, 0.15) is 5.82 Å². The summed E-state index contributed by atoms with van der Waals surface area (Å²) in [5.41, 5.74) is 7.11. The van der Waals surface area contributed by atoms with Crippen LogP contribution in [0.1, 0.15) is 33.5 Å². The van der Waals surface area contributed by atoms with E-state index < -0.39 is 0 Å². The first-order valence-corrected chi connectivity index (χ1v) is 11.6. The summed E-state index contributed by atoms with van der Waals surface area (Å²) in [5.74, 6) is -0.366. The molecule has 1 aliphatic rings. The van der Waals surface area contributed by atoms with E-state index in [-0.39, 0.29) is 11.7 Å². The van der Waals surface area contributed by atoms with Crippen molar-refractivity contribution in [3.05, 3.63) is 101 Å². The van der Waals surface area contributed by atoms with Crippen LogP contribution in [0.25, 0.3) is 16.5 Å². The van der Waals surface area contributed by atoms with E-state index in [9.17, 15) is 9.18 Å². The monoisotopic (exact) mass is 454 g/mol. The summed E-state index contributed by atoms with van der Waals surface area (Å²) in [6, 6.07) is 14.5. The normalized spacial score (nSPS) is 14.2. The number of hydrogen-bond donors (Lipinski definition) is 2. The highest BCUT2D eigenvalue weighted by Crippen LogP contribution is 2.30. The van der Waals surface area contributed by atoms with Crippen LogP contribution in [0.2, 0.25) is 0 Å². The number of nitrogens with zero attached hydrogens (tertiary/aromatic N) is 2. The van der Waals surface area contributed by atoms with Crippen LogP contribution in [0.5, 0.6) is 0 Å². The second kappa shape index (κ2) is 9.61. The maximum Gasteiger partial charge on any atom is 0.257 e. The molecule has 5 rings (SSSR count). The summed E-state index contributed by atoms with van der Waals surface area (Å²) >= 11 is 0. The van der Waals surface area contributed by atoms with Gasteiger partial charge < -0.3 is 10.3 Å². The number of carbonyl (C=O) groups is 1. The Morgan fingerprint density at radius 3 is 2.91 bits per heavy atom. The highest BCUT2D eigenvalue weighted by atomic mass is 19.1. The minimum atomic E-state index is -0.208. The van der Waals surface area contributed by atoms with Gasteiger partial charge in [-0.1, -0.05) is 12.1 Å². The Kier molecular flexibility index (Phi) is 6.23. The lowest BCUT2D eigenvalue weighted by atomic mass is 9.98. The summed E-state index contributed by atoms with van der Waals surface area (Å²) in [6.07, 6.45) is 9.30. The third kappa shape index (κ3) is 4.77. The van der Waals surface area contributed by atoms with Crippen molar-refractivity contribution in [2.24, 2.45) is 0 Å². The van der Waals surface area contributed by atoms with Crippen molar-refractivity contribution in [3.8, 4) is 0 Å². The lowest BCUT2D eigenvalue weighted by Gasteiger charge is -2.26. The lowest BCUT2D eigenvalue weighted by Crippen LogP contribution is -2.30. The Balaban J connectivity index is 1.22. The predicted molar refractivity (Wildman–Crippen MR) is 134 cm³/mol. The topological polar surface area (TPSA) is 61.0 Å². The van der Waals surface area contributed by atoms with Gasteiger partial charge in [0.05, 0.1) is 5.56 Å². The molecule has 0 saturated carbocycles. The molecule has 34 heavy (non-hydrogen) atoms. The minimum Gasteiger partial charge on any atom is -0.361 e. The standard InChI is InChI=1S/C28H27FN4O/c1-19-4-6-24(32-28(34)22-3-2-11-30-17-22)15-21(19)10-14-33-12-8-20(9-13-33)26-18-31-27-7-5-23(29)16-25(26)27/h2-8,11,15-18,31H,9-10,12-14H2,1H3,(H,32,34). The first-order valence-electron chi connectivity index (χ1n) is 11.6. The smallest absolute Gasteiger partial charge is 0.257 e. The van der Waals surface area contributed by atoms with Crippen LogP contribution >= 0.6 is 0 Å². The van der Waals surface area contributed by atoms with Gasteiger partial charge in [-0.3, -0.25) is 14.7 Å². The molecule has 0 saturated heterocycles. The number of aromatic amines is 1. The molecule has 0 unspecified atom stereocenters. The minimum absolute atomic E-state index is 0.159. The van der Waals surface area contributed by atoms with Crippen LogP contribution < -0.4 is 5.32 Å². The third-order valence-electron chi connectivity index (χ3n) is 6.51. The Hall–Kier alpha value is -3.77. The van der Waals surface area contributed by atoms with Crippen LogP contribution in [-0.2, 0) is 6.42 Å². The maximum absolute atomic E-state index is 13.7. The van der Waals surface area contributed by atoms with Gasteiger partial charge in [0.2, 0.25) is 0 Å². The van der Waals surface area contributed by atoms with Gasteiger partial charge in [0, 0.05) is 60.4 Å². The number of nitrogens with one attached hydrogen (secondary N) is 2. The highest BCUT2D eigenvalue weighted by molar-refractivity contribution is 6.04. The molecule has 0 aliphatic carbocycles. The number of H-pyrrole nitrogens is 1. The summed E-state index contributed by atoms with van der Waals surface area (Å²) in [7, 11) is 0. The van der Waals surface area contributed by atoms with E-state index in [0.29, 0.717) is 5.56 Å². The molecule has 2 N–H and O–H groups in total. The summed E-state index contributed by atoms with van der Waals surface area (Å²) in [6.45, 7) is 4.87. The number of halogens is 1. The molecule has 0 radical (unpaired) electrons. The number of amides is 1. The average Bonchev–Trinajstić information content (AvgIpc) is 3.28. The first-order chi connectivity index (χ1) is 16.6. The molecule has 1 amide bonds. The van der Waals surface area contributed by atoms with Crippen LogP contribution in [0, 0.1) is 12.7 Å². The quantitative estimate of drug-likeness (QED) is 0.399. The number of benzene rings is 2. The van der Waals surface area contributed by atoms with Gasteiger partial charge in [-0.15, -0.1) is 0 Å². The number of rotatable bonds is 6. The van der Waals surface area contributed by atoms with Crippen molar-refractivity contribution in [3.63, 3.8) is 0 Å². The number of pyridine rings is 1. The fourth-order valence-corrected chi connectivity index (χ4v) is 4.51. The van der Waals surface area contributed by atoms with Crippen molar-refractivity contribution in [1.29, 1.82) is 0 Å². The van der Waals surface area contributed by atoms with Crippen molar-refractivity contribution in [1.82, 2.24) is 14.9 Å². The Bertz CT molecular complexity index is 1360. The number of carbonyl (C=O) groups excluding carboxylic acids is 1. The van der Waals surface area contributed by atoms with Crippen LogP contribution in [0.4, 0.5) is 10.1 Å². The SMILES string of the molecule is Cc1ccc(NC(=O)c2cccnc2)cc1CCN1CC=C(c2c[nH]c3ccc(F)cc23)CC1. The second-order valence-electron chi connectivity index (χ2n) is 8.76. The molecule has 0 atom stereocenters. The van der Waals surface area contributed by atoms with Crippen molar-refractivity contribution < 1.29 is 9.18 Å². The fourth-order valence-electron chi connectivity index (χ4n) is 4.51. The zero-order valence-corrected chi connectivity index (χ0v) is 19.1. The largest absolute Gasteiger partial charge is 0.361 e. The maximum atomic E-state index is 13.7. The van der Waals surface area contributed by atoms with E-state index in [2.05, 4.69) is 45.3 Å². The van der Waals surface area contributed by atoms with Crippen molar-refractivity contribution in [2.75, 3.05) is 25.0 Å². The Morgan fingerprint density at radius 1 is 1.21 bits per heavy atom. The summed E-state index contributed by atoms with van der Waals surface area (Å²) in [4.78, 5) is 22.1. The summed E-state index contributed by atoms with van der Waals surface area (Å²) in [5, 5.41) is 3.92. The van der Waals surface area contributed by atoms with Gasteiger partial charge >= 0.3 is 0 Å². The van der Waals surface area contributed by atoms with E-state index in [0.717, 1.165) is 54.6 Å². The number of fused-ring (bicyclic) bond motifs is 1. The van der Waals surface area contributed by atoms with Gasteiger partial charge in [0.25, 0.3) is 5.91 Å². The van der Waals surface area contributed by atoms with E-state index in [1.165, 1.54) is 22.8 Å². The molecule has 0 fully saturated rings. The fraction of sp³-hybridized carbons (Fsp3) is 0.214. The first kappa shape index (κ1) is 22.0. The van der Waals surface area contributed by atoms with E-state index in [1.807, 2.05) is 12.3 Å². The second-order valence-corrected chi connectivity index (χ2v) is 8.76. The molecule has 172 valence electrons. The van der Waals surface area contributed by atoms with Crippen LogP contribution in [0.3, 0.4) is 0 Å². The molecular formula is C28H27FN4O. The van der Waals surface area contributed by atoms with Crippen LogP contribution in [-0.4, -0.2) is 40.4 Å². The molecular weight excluding hydrogens is 427 g/mol. The molecule has 4 aromatic rings. The molecule has 3 heterocycles. The van der Waals surface area contributed by atoms with Crippen molar-refractivity contribution in [2.45, 2.75) is 19.8 Å². The lowest BCUT2D eigenvalue weighted by molar-refractivity contribution is 0.102. The molecule has 5 nitrogen and oxygen atoms in total. The highest BCUT2D eigenvalue weighted by Gasteiger charge is 2.16. The third-order valence-corrected chi connectivity index (χ3v) is 6.51. The number of aryl methyl sites for hydroxylation is 1.